The van der Waals surface area contributed by atoms with Crippen LogP contribution in [0.5, 0.6) is 0 Å². The lowest BCUT2D eigenvalue weighted by Crippen LogP contribution is -2.11. The molecule has 0 radical (unpaired) electrons. The van der Waals surface area contributed by atoms with Gasteiger partial charge in [0.15, 0.2) is 5.65 Å². The van der Waals surface area contributed by atoms with Gasteiger partial charge < -0.3 is 5.32 Å². The summed E-state index contributed by atoms with van der Waals surface area (Å²) in [6, 6.07) is 15.9. The summed E-state index contributed by atoms with van der Waals surface area (Å²) in [5.74, 6) is 0.358. The van der Waals surface area contributed by atoms with Crippen LogP contribution in [0.2, 0.25) is 0 Å². The van der Waals surface area contributed by atoms with E-state index in [0.29, 0.717) is 17.3 Å². The van der Waals surface area contributed by atoms with Crippen LogP contribution in [0.1, 0.15) is 0 Å². The first-order valence-electron chi connectivity index (χ1n) is 8.18. The lowest BCUT2D eigenvalue weighted by molar-refractivity contribution is 0.598. The zero-order valence-electron chi connectivity index (χ0n) is 14.4. The number of nitrogens with zero attached hydrogens (tertiary/aromatic N) is 3. The first kappa shape index (κ1) is 18.5. The van der Waals surface area contributed by atoms with Crippen LogP contribution in [0.3, 0.4) is 0 Å². The van der Waals surface area contributed by atoms with Crippen LogP contribution >= 0.6 is 15.9 Å². The molecule has 4 aromatic rings. The molecule has 0 saturated heterocycles. The van der Waals surface area contributed by atoms with Crippen molar-refractivity contribution in [3.63, 3.8) is 0 Å². The quantitative estimate of drug-likeness (QED) is 0.483. The molecule has 28 heavy (non-hydrogen) atoms. The maximum atomic E-state index is 11.3. The zero-order valence-corrected chi connectivity index (χ0v) is 16.8. The molecule has 0 atom stereocenters. The first-order valence-corrected chi connectivity index (χ1v) is 10.5. The normalized spacial score (nSPS) is 11.5. The molecule has 2 aromatic carbocycles. The van der Waals surface area contributed by atoms with Gasteiger partial charge in [0.05, 0.1) is 4.90 Å². The molecule has 4 rings (SSSR count). The fourth-order valence-corrected chi connectivity index (χ4v) is 3.71. The van der Waals surface area contributed by atoms with Crippen molar-refractivity contribution in [3.05, 3.63) is 71.5 Å². The number of hydrogen-bond acceptors (Lipinski definition) is 6. The fraction of sp³-hybridized carbons (Fsp3) is 0. The van der Waals surface area contributed by atoms with E-state index >= 15 is 0 Å². The second kappa shape index (κ2) is 7.27. The number of aromatic nitrogens is 3. The summed E-state index contributed by atoms with van der Waals surface area (Å²) in [7, 11) is -3.72. The Labute approximate surface area is 169 Å². The summed E-state index contributed by atoms with van der Waals surface area (Å²) in [5.41, 5.74) is 3.18. The van der Waals surface area contributed by atoms with Crippen molar-refractivity contribution in [3.8, 4) is 11.1 Å². The summed E-state index contributed by atoms with van der Waals surface area (Å²) >= 11 is 3.55. The highest BCUT2D eigenvalue weighted by atomic mass is 79.9. The molecular formula is C19H14BrN5O2S. The Morgan fingerprint density at radius 2 is 1.71 bits per heavy atom. The largest absolute Gasteiger partial charge is 0.324 e. The zero-order chi connectivity index (χ0) is 19.7. The molecule has 2 heterocycles. The van der Waals surface area contributed by atoms with Crippen molar-refractivity contribution in [1.82, 2.24) is 15.0 Å². The number of nitrogens with two attached hydrogens (primary N) is 1. The number of anilines is 2. The number of rotatable bonds is 4. The van der Waals surface area contributed by atoms with Gasteiger partial charge in [0, 0.05) is 33.5 Å². The number of halogens is 1. The SMILES string of the molecule is NS(=O)(=O)c1ccc(Nc2ncc3cc(-c4ccccc4Br)cnc3n2)cc1. The molecule has 0 amide bonds. The van der Waals surface area contributed by atoms with E-state index in [9.17, 15) is 8.42 Å². The predicted molar refractivity (Wildman–Crippen MR) is 112 cm³/mol. The van der Waals surface area contributed by atoms with Gasteiger partial charge in [0.25, 0.3) is 0 Å². The Hall–Kier alpha value is -2.88. The monoisotopic (exact) mass is 455 g/mol. The van der Waals surface area contributed by atoms with E-state index in [0.717, 1.165) is 21.0 Å². The molecule has 0 saturated carbocycles. The molecule has 0 bridgehead atoms. The van der Waals surface area contributed by atoms with E-state index in [1.54, 1.807) is 24.5 Å². The van der Waals surface area contributed by atoms with Crippen LogP contribution in [-0.2, 0) is 10.0 Å². The third-order valence-electron chi connectivity index (χ3n) is 4.06. The van der Waals surface area contributed by atoms with Crippen molar-refractivity contribution in [1.29, 1.82) is 0 Å². The van der Waals surface area contributed by atoms with Crippen LogP contribution in [0, 0.1) is 0 Å². The molecule has 9 heteroatoms. The molecule has 0 aliphatic heterocycles. The number of pyridine rings is 1. The van der Waals surface area contributed by atoms with Gasteiger partial charge >= 0.3 is 0 Å². The maximum absolute atomic E-state index is 11.3. The minimum Gasteiger partial charge on any atom is -0.324 e. The maximum Gasteiger partial charge on any atom is 0.238 e. The van der Waals surface area contributed by atoms with Gasteiger partial charge in [-0.15, -0.1) is 0 Å². The van der Waals surface area contributed by atoms with Crippen molar-refractivity contribution in [2.24, 2.45) is 5.14 Å². The van der Waals surface area contributed by atoms with Gasteiger partial charge in [-0.25, -0.2) is 23.5 Å². The average molecular weight is 456 g/mol. The van der Waals surface area contributed by atoms with Crippen LogP contribution in [0.25, 0.3) is 22.2 Å². The molecule has 3 N–H and O–H groups in total. The summed E-state index contributed by atoms with van der Waals surface area (Å²) in [6.45, 7) is 0. The topological polar surface area (TPSA) is 111 Å². The Morgan fingerprint density at radius 3 is 2.43 bits per heavy atom. The van der Waals surface area contributed by atoms with E-state index in [-0.39, 0.29) is 4.90 Å². The summed E-state index contributed by atoms with van der Waals surface area (Å²) < 4.78 is 23.6. The number of nitrogens with one attached hydrogen (secondary N) is 1. The second-order valence-corrected chi connectivity index (χ2v) is 8.42. The third kappa shape index (κ3) is 3.86. The number of hydrogen-bond donors (Lipinski definition) is 2. The van der Waals surface area contributed by atoms with Crippen molar-refractivity contribution in [2.45, 2.75) is 4.90 Å². The minimum atomic E-state index is -3.72. The van der Waals surface area contributed by atoms with E-state index in [4.69, 9.17) is 5.14 Å². The third-order valence-corrected chi connectivity index (χ3v) is 5.68. The number of benzene rings is 2. The molecule has 0 unspecified atom stereocenters. The molecule has 7 nitrogen and oxygen atoms in total. The molecule has 0 aliphatic rings. The van der Waals surface area contributed by atoms with Crippen LogP contribution < -0.4 is 10.5 Å². The highest BCUT2D eigenvalue weighted by Crippen LogP contribution is 2.29. The molecule has 0 fully saturated rings. The summed E-state index contributed by atoms with van der Waals surface area (Å²) in [4.78, 5) is 13.2. The van der Waals surface area contributed by atoms with E-state index in [1.807, 2.05) is 30.3 Å². The van der Waals surface area contributed by atoms with Crippen LogP contribution in [0.4, 0.5) is 11.6 Å². The summed E-state index contributed by atoms with van der Waals surface area (Å²) in [5, 5.41) is 8.93. The lowest BCUT2D eigenvalue weighted by Gasteiger charge is -2.08. The highest BCUT2D eigenvalue weighted by molar-refractivity contribution is 9.10. The molecular weight excluding hydrogens is 442 g/mol. The van der Waals surface area contributed by atoms with Gasteiger partial charge in [-0.05, 0) is 42.0 Å². The first-order chi connectivity index (χ1) is 13.4. The Bertz CT molecular complexity index is 1280. The van der Waals surface area contributed by atoms with Gasteiger partial charge in [0.1, 0.15) is 0 Å². The number of sulfonamides is 1. The van der Waals surface area contributed by atoms with Crippen LogP contribution in [0.15, 0.2) is 76.4 Å². The Kier molecular flexibility index (Phi) is 4.80. The second-order valence-electron chi connectivity index (χ2n) is 6.00. The molecule has 2 aromatic heterocycles. The van der Waals surface area contributed by atoms with Crippen LogP contribution in [-0.4, -0.2) is 23.4 Å². The highest BCUT2D eigenvalue weighted by Gasteiger charge is 2.09. The van der Waals surface area contributed by atoms with Gasteiger partial charge in [-0.3, -0.25) is 0 Å². The Balaban J connectivity index is 1.62. The van der Waals surface area contributed by atoms with E-state index in [2.05, 4.69) is 36.2 Å². The molecule has 0 spiro atoms. The number of fused-ring (bicyclic) bond motifs is 1. The standard InChI is InChI=1S/C19H14BrN5O2S/c20-17-4-2-1-3-16(17)12-9-13-11-23-19(25-18(13)22-10-12)24-14-5-7-15(8-6-14)28(21,26)27/h1-11H,(H2,21,26,27)(H,22,23,24,25). The number of primary sulfonamides is 1. The fourth-order valence-electron chi connectivity index (χ4n) is 2.68. The Morgan fingerprint density at radius 1 is 0.964 bits per heavy atom. The van der Waals surface area contributed by atoms with Gasteiger partial charge in [-0.1, -0.05) is 34.1 Å². The van der Waals surface area contributed by atoms with Crippen molar-refractivity contribution >= 4 is 48.6 Å². The van der Waals surface area contributed by atoms with Gasteiger partial charge in [-0.2, -0.15) is 4.98 Å². The van der Waals surface area contributed by atoms with Crippen molar-refractivity contribution < 1.29 is 8.42 Å². The molecule has 140 valence electrons. The van der Waals surface area contributed by atoms with E-state index in [1.165, 1.54) is 12.1 Å². The summed E-state index contributed by atoms with van der Waals surface area (Å²) in [6.07, 6.45) is 3.46. The molecule has 0 aliphatic carbocycles. The lowest BCUT2D eigenvalue weighted by atomic mass is 10.1. The van der Waals surface area contributed by atoms with Gasteiger partial charge in [0.2, 0.25) is 16.0 Å². The minimum absolute atomic E-state index is 0.0405. The van der Waals surface area contributed by atoms with E-state index < -0.39 is 10.0 Å². The average Bonchev–Trinajstić information content (AvgIpc) is 2.68. The van der Waals surface area contributed by atoms with Crippen molar-refractivity contribution in [2.75, 3.05) is 5.32 Å². The smallest absolute Gasteiger partial charge is 0.238 e. The predicted octanol–water partition coefficient (Wildman–Crippen LogP) is 3.85.